The van der Waals surface area contributed by atoms with E-state index in [0.717, 1.165) is 43.7 Å². The van der Waals surface area contributed by atoms with Crippen LogP contribution in [0, 0.1) is 0 Å². The molecule has 1 unspecified atom stereocenters. The van der Waals surface area contributed by atoms with Crippen LogP contribution < -0.4 is 9.64 Å². The zero-order valence-electron chi connectivity index (χ0n) is 25.0. The maximum absolute atomic E-state index is 14.1. The van der Waals surface area contributed by atoms with E-state index in [0.29, 0.717) is 41.0 Å². The third-order valence-corrected chi connectivity index (χ3v) is 9.32. The fourth-order valence-corrected chi connectivity index (χ4v) is 6.70. The average Bonchev–Trinajstić information content (AvgIpc) is 3.79. The Bertz CT molecular complexity index is 2100. The zero-order valence-corrected chi connectivity index (χ0v) is 26.5. The molecule has 0 saturated carbocycles. The maximum Gasteiger partial charge on any atom is 0.513 e. The third-order valence-electron chi connectivity index (χ3n) is 8.37. The number of ketones is 1. The van der Waals surface area contributed by atoms with Gasteiger partial charge in [-0.25, -0.2) is 4.79 Å². The number of Topliss-reactive ketones (excluding diaryl/α,β-unsaturated/α-hetero) is 1. The van der Waals surface area contributed by atoms with Crippen molar-refractivity contribution in [3.8, 4) is 5.75 Å². The van der Waals surface area contributed by atoms with Crippen LogP contribution in [-0.2, 0) is 11.2 Å². The van der Waals surface area contributed by atoms with Gasteiger partial charge >= 0.3 is 6.16 Å². The summed E-state index contributed by atoms with van der Waals surface area (Å²) in [5, 5.41) is 3.43. The van der Waals surface area contributed by atoms with Crippen molar-refractivity contribution in [2.75, 3.05) is 35.9 Å². The summed E-state index contributed by atoms with van der Waals surface area (Å²) in [5.41, 5.74) is 5.11. The summed E-state index contributed by atoms with van der Waals surface area (Å²) in [7, 11) is 0. The standard InChI is InChI=1S/C36H30ClN3O5S/c1-46-13-12-44-36(43)45-33-18-31-34(26-8-4-3-7-25(26)33)24(19-37)20-40(31)35(42)30-17-23-14-21(10-11-28(23)39-30)15-32(41)29-16-22-6-2-5-9-27(22)38-29/h2-11,14,16-18,24,38-39H,12-13,15,19-20H2,1H3. The van der Waals surface area contributed by atoms with Crippen molar-refractivity contribution < 1.29 is 23.9 Å². The minimum absolute atomic E-state index is 0.0124. The first-order valence-electron chi connectivity index (χ1n) is 14.9. The van der Waals surface area contributed by atoms with E-state index in [1.165, 1.54) is 0 Å². The number of benzene rings is 4. The van der Waals surface area contributed by atoms with Gasteiger partial charge in [-0.3, -0.25) is 9.59 Å². The van der Waals surface area contributed by atoms with Gasteiger partial charge < -0.3 is 24.3 Å². The highest BCUT2D eigenvalue weighted by Gasteiger charge is 2.36. The van der Waals surface area contributed by atoms with Crippen LogP contribution in [0.3, 0.4) is 0 Å². The number of aromatic nitrogens is 2. The summed E-state index contributed by atoms with van der Waals surface area (Å²) in [6, 6.07) is 26.6. The Morgan fingerprint density at radius 3 is 2.43 bits per heavy atom. The molecule has 1 atom stereocenters. The van der Waals surface area contributed by atoms with Crippen LogP contribution in [0.15, 0.2) is 84.9 Å². The van der Waals surface area contributed by atoms with Gasteiger partial charge in [-0.1, -0.05) is 48.5 Å². The van der Waals surface area contributed by atoms with Crippen LogP contribution in [0.2, 0.25) is 0 Å². The van der Waals surface area contributed by atoms with Gasteiger partial charge in [0.1, 0.15) is 18.1 Å². The molecule has 1 amide bonds. The number of nitrogens with zero attached hydrogens (tertiary/aromatic N) is 1. The Morgan fingerprint density at radius 2 is 1.63 bits per heavy atom. The number of amides is 1. The van der Waals surface area contributed by atoms with Crippen molar-refractivity contribution in [3.63, 3.8) is 0 Å². The van der Waals surface area contributed by atoms with Gasteiger partial charge in [-0.15, -0.1) is 11.6 Å². The lowest BCUT2D eigenvalue weighted by Gasteiger charge is -2.18. The number of alkyl halides is 1. The van der Waals surface area contributed by atoms with Gasteiger partial charge in [0, 0.05) is 63.8 Å². The largest absolute Gasteiger partial charge is 0.513 e. The number of nitrogens with one attached hydrogen (secondary N) is 2. The Hall–Kier alpha value is -4.73. The molecule has 3 heterocycles. The molecule has 4 aromatic carbocycles. The van der Waals surface area contributed by atoms with Crippen molar-refractivity contribution >= 4 is 79.5 Å². The van der Waals surface area contributed by atoms with Crippen LogP contribution >= 0.6 is 23.4 Å². The first kappa shape index (κ1) is 30.0. The summed E-state index contributed by atoms with van der Waals surface area (Å²) in [5.74, 6) is 0.938. The molecule has 0 bridgehead atoms. The number of para-hydroxylation sites is 1. The smallest absolute Gasteiger partial charge is 0.433 e. The van der Waals surface area contributed by atoms with E-state index in [4.69, 9.17) is 21.1 Å². The van der Waals surface area contributed by atoms with Crippen molar-refractivity contribution in [2.24, 2.45) is 0 Å². The van der Waals surface area contributed by atoms with Gasteiger partial charge in [0.25, 0.3) is 5.91 Å². The number of rotatable bonds is 9. The molecule has 10 heteroatoms. The normalized spacial score (nSPS) is 14.2. The first-order chi connectivity index (χ1) is 22.4. The molecule has 0 spiro atoms. The second-order valence-corrected chi connectivity index (χ2v) is 12.6. The molecular weight excluding hydrogens is 622 g/mol. The van der Waals surface area contributed by atoms with E-state index < -0.39 is 6.16 Å². The number of fused-ring (bicyclic) bond motifs is 5. The predicted molar refractivity (Wildman–Crippen MR) is 184 cm³/mol. The Labute approximate surface area is 274 Å². The second-order valence-electron chi connectivity index (χ2n) is 11.3. The van der Waals surface area contributed by atoms with E-state index in [1.54, 1.807) is 22.7 Å². The van der Waals surface area contributed by atoms with E-state index in [1.807, 2.05) is 85.1 Å². The summed E-state index contributed by atoms with van der Waals surface area (Å²) < 4.78 is 10.9. The molecule has 0 aliphatic carbocycles. The minimum Gasteiger partial charge on any atom is -0.433 e. The summed E-state index contributed by atoms with van der Waals surface area (Å²) >= 11 is 8.02. The van der Waals surface area contributed by atoms with Gasteiger partial charge in [-0.2, -0.15) is 11.8 Å². The molecule has 7 rings (SSSR count). The topological polar surface area (TPSA) is 104 Å². The minimum atomic E-state index is -0.793. The maximum atomic E-state index is 14.1. The summed E-state index contributed by atoms with van der Waals surface area (Å²) in [6.07, 6.45) is 1.36. The Morgan fingerprint density at radius 1 is 0.891 bits per heavy atom. The number of ether oxygens (including phenoxy) is 2. The number of carbonyl (C=O) groups excluding carboxylic acids is 3. The molecule has 0 radical (unpaired) electrons. The Kier molecular flexibility index (Phi) is 8.19. The number of aromatic amines is 2. The molecule has 46 heavy (non-hydrogen) atoms. The van der Waals surface area contributed by atoms with Gasteiger partial charge in [-0.05, 0) is 53.1 Å². The highest BCUT2D eigenvalue weighted by molar-refractivity contribution is 7.98. The van der Waals surface area contributed by atoms with E-state index in [-0.39, 0.29) is 30.6 Å². The molecule has 0 saturated heterocycles. The molecule has 1 aliphatic heterocycles. The number of hydrogen-bond donors (Lipinski definition) is 2. The first-order valence-corrected chi connectivity index (χ1v) is 16.9. The molecule has 6 aromatic rings. The SMILES string of the molecule is CSCCOC(=O)Oc1cc2c(c3ccccc13)C(CCl)CN2C(=O)c1cc2cc(CC(=O)c3cc4ccccc4[nH]3)ccc2[nH]1. The molecular formula is C36H30ClN3O5S. The lowest BCUT2D eigenvalue weighted by atomic mass is 9.95. The van der Waals surface area contributed by atoms with Gasteiger partial charge in [0.05, 0.1) is 11.4 Å². The second kappa shape index (κ2) is 12.6. The number of carbonyl (C=O) groups is 3. The summed E-state index contributed by atoms with van der Waals surface area (Å²) in [6.45, 7) is 0.615. The zero-order chi connectivity index (χ0) is 31.8. The van der Waals surface area contributed by atoms with E-state index in [9.17, 15) is 14.4 Å². The lowest BCUT2D eigenvalue weighted by molar-refractivity contribution is 0.0978. The molecule has 232 valence electrons. The molecule has 0 fully saturated rings. The van der Waals surface area contributed by atoms with Crippen molar-refractivity contribution in [1.29, 1.82) is 0 Å². The van der Waals surface area contributed by atoms with Gasteiger partial charge in [0.2, 0.25) is 0 Å². The number of halogens is 1. The van der Waals surface area contributed by atoms with Crippen LogP contribution in [0.25, 0.3) is 32.6 Å². The molecule has 8 nitrogen and oxygen atoms in total. The number of hydrogen-bond acceptors (Lipinski definition) is 6. The van der Waals surface area contributed by atoms with Crippen molar-refractivity contribution in [3.05, 3.63) is 107 Å². The highest BCUT2D eigenvalue weighted by atomic mass is 35.5. The average molecular weight is 652 g/mol. The van der Waals surface area contributed by atoms with Crippen LogP contribution in [0.4, 0.5) is 10.5 Å². The third kappa shape index (κ3) is 5.61. The number of H-pyrrole nitrogens is 2. The Balaban J connectivity index is 1.17. The molecule has 2 N–H and O–H groups in total. The lowest BCUT2D eigenvalue weighted by Crippen LogP contribution is -2.30. The summed E-state index contributed by atoms with van der Waals surface area (Å²) in [4.78, 5) is 47.8. The van der Waals surface area contributed by atoms with Crippen LogP contribution in [0.5, 0.6) is 5.75 Å². The van der Waals surface area contributed by atoms with E-state index >= 15 is 0 Å². The quantitative estimate of drug-likeness (QED) is 0.0538. The number of anilines is 1. The van der Waals surface area contributed by atoms with E-state index in [2.05, 4.69) is 9.97 Å². The highest BCUT2D eigenvalue weighted by Crippen LogP contribution is 2.46. The van der Waals surface area contributed by atoms with Crippen molar-refractivity contribution in [2.45, 2.75) is 12.3 Å². The van der Waals surface area contributed by atoms with Crippen LogP contribution in [0.1, 0.15) is 38.0 Å². The van der Waals surface area contributed by atoms with Gasteiger partial charge in [0.15, 0.2) is 5.78 Å². The molecule has 2 aromatic heterocycles. The van der Waals surface area contributed by atoms with Crippen molar-refractivity contribution in [1.82, 2.24) is 9.97 Å². The number of thioether (sulfide) groups is 1. The fourth-order valence-electron chi connectivity index (χ4n) is 6.20. The predicted octanol–water partition coefficient (Wildman–Crippen LogP) is 8.09. The molecule has 1 aliphatic rings. The fraction of sp³-hybridized carbons (Fsp3) is 0.194. The monoisotopic (exact) mass is 651 g/mol. The van der Waals surface area contributed by atoms with Crippen LogP contribution in [-0.4, -0.2) is 58.9 Å².